The van der Waals surface area contributed by atoms with Crippen molar-refractivity contribution < 1.29 is 4.58 Å². The number of pyridine rings is 1. The van der Waals surface area contributed by atoms with Crippen LogP contribution in [-0.4, -0.2) is 28.5 Å². The van der Waals surface area contributed by atoms with E-state index in [1.54, 1.807) is 6.07 Å². The van der Waals surface area contributed by atoms with E-state index in [2.05, 4.69) is 28.7 Å². The minimum Gasteiger partial charge on any atom is -0.289 e. The van der Waals surface area contributed by atoms with Gasteiger partial charge in [0.2, 0.25) is 5.84 Å². The Labute approximate surface area is 102 Å². The van der Waals surface area contributed by atoms with E-state index in [9.17, 15) is 4.79 Å². The predicted octanol–water partition coefficient (Wildman–Crippen LogP) is 2.04. The van der Waals surface area contributed by atoms with Crippen LogP contribution in [0, 0.1) is 0 Å². The van der Waals surface area contributed by atoms with Crippen LogP contribution in [0.4, 0.5) is 5.82 Å². The largest absolute Gasteiger partial charge is 0.289 e. The molecule has 0 aliphatic carbocycles. The Balaban J connectivity index is 2.83. The van der Waals surface area contributed by atoms with Gasteiger partial charge in [0, 0.05) is 19.1 Å². The van der Waals surface area contributed by atoms with Crippen molar-refractivity contribution in [2.75, 3.05) is 18.4 Å². The molecule has 0 unspecified atom stereocenters. The summed E-state index contributed by atoms with van der Waals surface area (Å²) in [6.45, 7) is 8.44. The molecular formula is C13H22N3O+. The molecule has 0 saturated heterocycles. The van der Waals surface area contributed by atoms with Gasteiger partial charge in [-0.3, -0.25) is 14.4 Å². The lowest BCUT2D eigenvalue weighted by molar-refractivity contribution is -0.528. The average molecular weight is 236 g/mol. The molecule has 1 aromatic heterocycles. The second kappa shape index (κ2) is 6.89. The normalized spacial score (nSPS) is 10.1. The lowest BCUT2D eigenvalue weighted by Gasteiger charge is -2.08. The first-order valence-electron chi connectivity index (χ1n) is 6.22. The zero-order valence-electron chi connectivity index (χ0n) is 10.9. The lowest BCUT2D eigenvalue weighted by atomic mass is 10.4. The third kappa shape index (κ3) is 4.43. The Bertz CT molecular complexity index is 426. The first-order valence-corrected chi connectivity index (χ1v) is 6.22. The number of hydrogen-bond donors (Lipinski definition) is 2. The van der Waals surface area contributed by atoms with Gasteiger partial charge >= 0.3 is 0 Å². The molecular weight excluding hydrogens is 214 g/mol. The Morgan fingerprint density at radius 1 is 1.29 bits per heavy atom. The summed E-state index contributed by atoms with van der Waals surface area (Å²) in [5.74, 6) is 1.82. The molecule has 0 spiro atoms. The van der Waals surface area contributed by atoms with Gasteiger partial charge in [0.05, 0.1) is 13.1 Å². The maximum Gasteiger partial charge on any atom is 0.251 e. The maximum absolute atomic E-state index is 11.2. The summed E-state index contributed by atoms with van der Waals surface area (Å²) < 4.78 is 2.30. The fourth-order valence-electron chi connectivity index (χ4n) is 1.78. The zero-order valence-corrected chi connectivity index (χ0v) is 10.9. The van der Waals surface area contributed by atoms with E-state index in [4.69, 9.17) is 0 Å². The van der Waals surface area contributed by atoms with Crippen LogP contribution in [0.5, 0.6) is 0 Å². The molecule has 0 aromatic carbocycles. The minimum atomic E-state index is -0.0830. The first-order chi connectivity index (χ1) is 8.17. The van der Waals surface area contributed by atoms with Crippen molar-refractivity contribution in [3.8, 4) is 0 Å². The van der Waals surface area contributed by atoms with Gasteiger partial charge in [-0.2, -0.15) is 0 Å². The molecule has 0 atom stereocenters. The maximum atomic E-state index is 11.2. The molecule has 0 radical (unpaired) electrons. The number of aromatic nitrogens is 1. The third-order valence-electron chi connectivity index (χ3n) is 2.55. The van der Waals surface area contributed by atoms with Crippen LogP contribution >= 0.6 is 0 Å². The molecule has 94 valence electrons. The number of H-pyrrole nitrogens is 1. The topological polar surface area (TPSA) is 47.9 Å². The van der Waals surface area contributed by atoms with Crippen molar-refractivity contribution >= 4 is 11.7 Å². The standard InChI is InChI=1S/C13H21N3O/c1-4-9-16(10-5-2)11(3)14-12-7-6-8-13(17)15-12/h6-8H,4-5,9-10H2,1-3H3,(H,15,17)/p+1. The predicted molar refractivity (Wildman–Crippen MR) is 71.9 cm³/mol. The van der Waals surface area contributed by atoms with E-state index in [-0.39, 0.29) is 5.56 Å². The SMILES string of the molecule is CCC[N+](CCC)=C(C)Nc1cccc(=O)[nH]1. The Morgan fingerprint density at radius 2 is 1.94 bits per heavy atom. The molecule has 0 amide bonds. The molecule has 0 saturated carbocycles. The van der Waals surface area contributed by atoms with Crippen LogP contribution in [0.25, 0.3) is 0 Å². The van der Waals surface area contributed by atoms with Gasteiger partial charge in [-0.05, 0) is 12.8 Å². The van der Waals surface area contributed by atoms with Gasteiger partial charge in [0.1, 0.15) is 0 Å². The summed E-state index contributed by atoms with van der Waals surface area (Å²) >= 11 is 0. The van der Waals surface area contributed by atoms with Crippen molar-refractivity contribution in [1.82, 2.24) is 4.98 Å². The highest BCUT2D eigenvalue weighted by molar-refractivity contribution is 5.88. The summed E-state index contributed by atoms with van der Waals surface area (Å²) in [7, 11) is 0. The van der Waals surface area contributed by atoms with Crippen molar-refractivity contribution in [3.63, 3.8) is 0 Å². The minimum absolute atomic E-state index is 0.0830. The second-order valence-corrected chi connectivity index (χ2v) is 4.13. The van der Waals surface area contributed by atoms with Crippen LogP contribution in [-0.2, 0) is 0 Å². The van der Waals surface area contributed by atoms with Gasteiger partial charge < -0.3 is 0 Å². The fraction of sp³-hybridized carbons (Fsp3) is 0.538. The molecule has 1 aromatic rings. The van der Waals surface area contributed by atoms with Gasteiger partial charge in [-0.15, -0.1) is 0 Å². The number of anilines is 1. The highest BCUT2D eigenvalue weighted by atomic mass is 16.1. The van der Waals surface area contributed by atoms with Gasteiger partial charge in [0.15, 0.2) is 5.82 Å². The molecule has 1 rings (SSSR count). The van der Waals surface area contributed by atoms with Crippen LogP contribution in [0.15, 0.2) is 23.0 Å². The molecule has 0 fully saturated rings. The number of nitrogens with zero attached hydrogens (tertiary/aromatic N) is 1. The van der Waals surface area contributed by atoms with E-state index >= 15 is 0 Å². The number of nitrogens with one attached hydrogen (secondary N) is 2. The lowest BCUT2D eigenvalue weighted by Crippen LogP contribution is -2.27. The average Bonchev–Trinajstić information content (AvgIpc) is 2.28. The van der Waals surface area contributed by atoms with Crippen molar-refractivity contribution in [3.05, 3.63) is 28.6 Å². The molecule has 4 heteroatoms. The molecule has 1 heterocycles. The number of aromatic amines is 1. The molecule has 4 nitrogen and oxygen atoms in total. The van der Waals surface area contributed by atoms with E-state index in [0.717, 1.165) is 37.6 Å². The van der Waals surface area contributed by atoms with Crippen LogP contribution in [0.2, 0.25) is 0 Å². The van der Waals surface area contributed by atoms with E-state index in [1.807, 2.05) is 13.0 Å². The molecule has 0 bridgehead atoms. The monoisotopic (exact) mass is 236 g/mol. The number of rotatable bonds is 5. The summed E-state index contributed by atoms with van der Waals surface area (Å²) in [5, 5.41) is 3.24. The second-order valence-electron chi connectivity index (χ2n) is 4.13. The Morgan fingerprint density at radius 3 is 2.47 bits per heavy atom. The van der Waals surface area contributed by atoms with Crippen LogP contribution < -0.4 is 10.9 Å². The molecule has 0 aliphatic rings. The van der Waals surface area contributed by atoms with Crippen molar-refractivity contribution in [1.29, 1.82) is 0 Å². The number of amidine groups is 1. The van der Waals surface area contributed by atoms with Crippen molar-refractivity contribution in [2.45, 2.75) is 33.6 Å². The van der Waals surface area contributed by atoms with E-state index in [0.29, 0.717) is 0 Å². The van der Waals surface area contributed by atoms with Crippen LogP contribution in [0.1, 0.15) is 33.6 Å². The molecule has 2 N–H and O–H groups in total. The zero-order chi connectivity index (χ0) is 12.7. The molecule has 17 heavy (non-hydrogen) atoms. The summed E-state index contributed by atoms with van der Waals surface area (Å²) in [6.07, 6.45) is 2.23. The quantitative estimate of drug-likeness (QED) is 0.467. The smallest absolute Gasteiger partial charge is 0.251 e. The van der Waals surface area contributed by atoms with Gasteiger partial charge in [0.25, 0.3) is 5.56 Å². The Kier molecular flexibility index (Phi) is 5.46. The fourth-order valence-corrected chi connectivity index (χ4v) is 1.78. The summed E-state index contributed by atoms with van der Waals surface area (Å²) in [6, 6.07) is 5.12. The van der Waals surface area contributed by atoms with E-state index < -0.39 is 0 Å². The summed E-state index contributed by atoms with van der Waals surface area (Å²) in [5.41, 5.74) is -0.0830. The summed E-state index contributed by atoms with van der Waals surface area (Å²) in [4.78, 5) is 13.9. The van der Waals surface area contributed by atoms with Crippen molar-refractivity contribution in [2.24, 2.45) is 0 Å². The third-order valence-corrected chi connectivity index (χ3v) is 2.55. The first kappa shape index (κ1) is 13.5. The van der Waals surface area contributed by atoms with Crippen LogP contribution in [0.3, 0.4) is 0 Å². The molecule has 0 aliphatic heterocycles. The Hall–Kier alpha value is -1.58. The van der Waals surface area contributed by atoms with Gasteiger partial charge in [-0.25, -0.2) is 5.32 Å². The van der Waals surface area contributed by atoms with Gasteiger partial charge in [-0.1, -0.05) is 19.9 Å². The number of hydrogen-bond acceptors (Lipinski definition) is 1. The highest BCUT2D eigenvalue weighted by Gasteiger charge is 2.07. The highest BCUT2D eigenvalue weighted by Crippen LogP contribution is 1.98. The van der Waals surface area contributed by atoms with E-state index in [1.165, 1.54) is 6.07 Å².